The molecule has 3 aliphatic carbocycles. The minimum Gasteiger partial charge on any atom is -0.393 e. The summed E-state index contributed by atoms with van der Waals surface area (Å²) in [4.78, 5) is 60.4. The van der Waals surface area contributed by atoms with Crippen molar-refractivity contribution in [3.63, 3.8) is 0 Å². The molecule has 2 aliphatic heterocycles. The number of hydrogen-bond acceptors (Lipinski definition) is 9. The lowest BCUT2D eigenvalue weighted by Crippen LogP contribution is -2.62. The molecular weight excluding hydrogens is 769 g/mol. The van der Waals surface area contributed by atoms with Crippen LogP contribution in [0.3, 0.4) is 0 Å². The first-order valence-electron chi connectivity index (χ1n) is 21.2. The summed E-state index contributed by atoms with van der Waals surface area (Å²) in [7, 11) is 1.80. The average molecular weight is 821 g/mol. The predicted octanol–water partition coefficient (Wildman–Crippen LogP) is 3.65. The fourth-order valence-electron chi connectivity index (χ4n) is 9.00. The second-order valence-corrected chi connectivity index (χ2v) is 17.1. The Morgan fingerprint density at radius 1 is 0.754 bits per heavy atom. The number of carbonyl (C=O) groups is 4. The molecule has 5 aliphatic rings. The Balaban J connectivity index is 0.755. The highest BCUT2D eigenvalue weighted by Gasteiger charge is 2.58. The van der Waals surface area contributed by atoms with E-state index < -0.39 is 11.1 Å². The van der Waals surface area contributed by atoms with Crippen LogP contribution in [0.15, 0.2) is 103 Å². The Hall–Kier alpha value is -6.38. The molecule has 1 aromatic heterocycles. The zero-order valence-electron chi connectivity index (χ0n) is 34.5. The monoisotopic (exact) mass is 820 g/mol. The number of carbonyl (C=O) groups excluding carboxylic acids is 4. The summed E-state index contributed by atoms with van der Waals surface area (Å²) in [5, 5.41) is 17.1. The highest BCUT2D eigenvalue weighted by Crippen LogP contribution is 2.44. The third kappa shape index (κ3) is 7.77. The number of rotatable bonds is 9. The number of aromatic nitrogens is 2. The fraction of sp³-hybridized carbons (Fsp3) is 0.362. The van der Waals surface area contributed by atoms with Gasteiger partial charge in [-0.25, -0.2) is 0 Å². The SMILES string of the molecule is CN/C=C1/C=CC(c2ccc(C(=O)N3CCN(C(=O)C4(N)CC4Cn4cc5ccc(-c6ccc(C(=O)N7CCN(C(=O)C8(N)CCC8)CC7)cc6)cc5n4)CC3)cc2)=CC1=N. The lowest BCUT2D eigenvalue weighted by atomic mass is 9.76. The van der Waals surface area contributed by atoms with Gasteiger partial charge in [-0.3, -0.25) is 23.9 Å². The zero-order valence-corrected chi connectivity index (χ0v) is 34.5. The molecule has 314 valence electrons. The largest absolute Gasteiger partial charge is 0.393 e. The first kappa shape index (κ1) is 40.0. The maximum Gasteiger partial charge on any atom is 0.253 e. The van der Waals surface area contributed by atoms with Crippen LogP contribution in [0.2, 0.25) is 0 Å². The van der Waals surface area contributed by atoms with Crippen LogP contribution in [-0.2, 0) is 16.1 Å². The van der Waals surface area contributed by atoms with Crippen LogP contribution in [0.1, 0.15) is 52.0 Å². The van der Waals surface area contributed by atoms with Gasteiger partial charge >= 0.3 is 0 Å². The van der Waals surface area contributed by atoms with E-state index in [0.717, 1.165) is 58.0 Å². The van der Waals surface area contributed by atoms with Crippen LogP contribution in [0.25, 0.3) is 27.6 Å². The summed E-state index contributed by atoms with van der Waals surface area (Å²) in [6.07, 6.45) is 12.5. The van der Waals surface area contributed by atoms with Gasteiger partial charge in [0.15, 0.2) is 0 Å². The van der Waals surface area contributed by atoms with Crippen molar-refractivity contribution in [3.05, 3.63) is 120 Å². The third-order valence-corrected chi connectivity index (χ3v) is 13.2. The van der Waals surface area contributed by atoms with Gasteiger partial charge in [-0.2, -0.15) is 5.10 Å². The molecular formula is C47H52N10O4. The predicted molar refractivity (Wildman–Crippen MR) is 234 cm³/mol. The number of hydrogen-bond donors (Lipinski definition) is 4. The number of nitrogens with one attached hydrogen (secondary N) is 2. The molecule has 6 N–H and O–H groups in total. The van der Waals surface area contributed by atoms with Crippen molar-refractivity contribution in [3.8, 4) is 11.1 Å². The summed E-state index contributed by atoms with van der Waals surface area (Å²) in [5.74, 6) is -0.234. The number of fused-ring (bicyclic) bond motifs is 1. The standard InChI is InChI=1S/C47H52N10O4/c1-51-28-37-13-11-35(25-40(37)48)31-3-7-33(8-4-31)43(59)54-19-23-56(24-20-54)45(61)47(50)27-39(47)30-57-29-38-14-12-36(26-41(38)52-57)32-5-9-34(10-6-32)42(58)53-17-21-55(22-18-53)44(60)46(49)15-2-16-46/h3-14,25-26,28-29,39,48,51H,2,15-24,27,30,49-50H2,1H3/b37-28-,48-40?. The maximum atomic E-state index is 13.7. The molecule has 2 saturated heterocycles. The van der Waals surface area contributed by atoms with Crippen molar-refractivity contribution in [2.24, 2.45) is 17.4 Å². The molecule has 3 aromatic carbocycles. The Labute approximate surface area is 355 Å². The molecule has 4 fully saturated rings. The second-order valence-electron chi connectivity index (χ2n) is 17.1. The van der Waals surface area contributed by atoms with Gasteiger partial charge in [0, 0.05) is 106 Å². The van der Waals surface area contributed by atoms with Gasteiger partial charge in [0.1, 0.15) is 5.54 Å². The van der Waals surface area contributed by atoms with E-state index in [9.17, 15) is 19.2 Å². The van der Waals surface area contributed by atoms with Crippen LogP contribution in [0.4, 0.5) is 0 Å². The van der Waals surface area contributed by atoms with E-state index in [-0.39, 0.29) is 29.5 Å². The van der Waals surface area contributed by atoms with Gasteiger partial charge in [0.05, 0.1) is 16.8 Å². The smallest absolute Gasteiger partial charge is 0.253 e. The molecule has 4 amide bonds. The van der Waals surface area contributed by atoms with E-state index >= 15 is 0 Å². The Kier molecular flexibility index (Phi) is 10.4. The van der Waals surface area contributed by atoms with Crippen molar-refractivity contribution in [1.29, 1.82) is 5.41 Å². The van der Waals surface area contributed by atoms with E-state index in [2.05, 4.69) is 5.32 Å². The maximum absolute atomic E-state index is 13.7. The fourth-order valence-corrected chi connectivity index (χ4v) is 9.00. The molecule has 2 atom stereocenters. The number of benzene rings is 3. The molecule has 61 heavy (non-hydrogen) atoms. The lowest BCUT2D eigenvalue weighted by molar-refractivity contribution is -0.141. The molecule has 0 radical (unpaired) electrons. The van der Waals surface area contributed by atoms with Crippen LogP contribution in [0.5, 0.6) is 0 Å². The summed E-state index contributed by atoms with van der Waals surface area (Å²) < 4.78 is 1.88. The van der Waals surface area contributed by atoms with Gasteiger partial charge in [0.25, 0.3) is 11.8 Å². The summed E-state index contributed by atoms with van der Waals surface area (Å²) in [6, 6.07) is 21.2. The quantitative estimate of drug-likeness (QED) is 0.197. The average Bonchev–Trinajstić information content (AvgIpc) is 3.76. The highest BCUT2D eigenvalue weighted by molar-refractivity contribution is 6.15. The van der Waals surface area contributed by atoms with Crippen molar-refractivity contribution < 1.29 is 19.2 Å². The Bertz CT molecular complexity index is 2500. The summed E-state index contributed by atoms with van der Waals surface area (Å²) in [6.45, 7) is 4.21. The number of allylic oxidation sites excluding steroid dienone is 5. The lowest BCUT2D eigenvalue weighted by Gasteiger charge is -2.43. The van der Waals surface area contributed by atoms with Gasteiger partial charge in [-0.05, 0) is 84.4 Å². The minimum absolute atomic E-state index is 0.0108. The van der Waals surface area contributed by atoms with Crippen LogP contribution in [-0.4, -0.2) is 129 Å². The van der Waals surface area contributed by atoms with Crippen molar-refractivity contribution in [2.75, 3.05) is 59.4 Å². The van der Waals surface area contributed by atoms with E-state index in [4.69, 9.17) is 22.0 Å². The second kappa shape index (κ2) is 15.9. The van der Waals surface area contributed by atoms with Crippen LogP contribution < -0.4 is 16.8 Å². The number of amides is 4. The van der Waals surface area contributed by atoms with Crippen molar-refractivity contribution in [1.82, 2.24) is 34.7 Å². The van der Waals surface area contributed by atoms with Crippen LogP contribution >= 0.6 is 0 Å². The zero-order chi connectivity index (χ0) is 42.5. The summed E-state index contributed by atoms with van der Waals surface area (Å²) in [5.41, 5.74) is 18.4. The van der Waals surface area contributed by atoms with Crippen molar-refractivity contribution >= 4 is 45.8 Å². The minimum atomic E-state index is -0.957. The van der Waals surface area contributed by atoms with E-state index in [0.29, 0.717) is 82.2 Å². The molecule has 14 heteroatoms. The van der Waals surface area contributed by atoms with Gasteiger partial charge in [0.2, 0.25) is 11.8 Å². The molecule has 3 heterocycles. The normalized spacial score (nSPS) is 22.9. The Morgan fingerprint density at radius 2 is 1.31 bits per heavy atom. The molecule has 2 unspecified atom stereocenters. The first-order valence-corrected chi connectivity index (χ1v) is 21.2. The molecule has 9 rings (SSSR count). The first-order chi connectivity index (χ1) is 29.4. The summed E-state index contributed by atoms with van der Waals surface area (Å²) >= 11 is 0. The number of nitrogens with zero attached hydrogens (tertiary/aromatic N) is 6. The van der Waals surface area contributed by atoms with Crippen LogP contribution in [0, 0.1) is 11.3 Å². The van der Waals surface area contributed by atoms with Gasteiger partial charge in [-0.1, -0.05) is 48.6 Å². The third-order valence-electron chi connectivity index (χ3n) is 13.2. The molecule has 4 aromatic rings. The number of piperazine rings is 2. The Morgan fingerprint density at radius 3 is 1.87 bits per heavy atom. The molecule has 14 nitrogen and oxygen atoms in total. The molecule has 0 spiro atoms. The highest BCUT2D eigenvalue weighted by atomic mass is 16.2. The van der Waals surface area contributed by atoms with E-state index in [1.54, 1.807) is 32.8 Å². The number of nitrogens with two attached hydrogens (primary N) is 2. The van der Waals surface area contributed by atoms with Gasteiger partial charge < -0.3 is 41.8 Å². The molecule has 2 saturated carbocycles. The molecule has 0 bridgehead atoms. The van der Waals surface area contributed by atoms with E-state index in [1.165, 1.54) is 0 Å². The van der Waals surface area contributed by atoms with E-state index in [1.807, 2.05) is 95.8 Å². The topological polar surface area (TPSA) is 187 Å². The van der Waals surface area contributed by atoms with Gasteiger partial charge in [-0.15, -0.1) is 0 Å². The van der Waals surface area contributed by atoms with Crippen molar-refractivity contribution in [2.45, 2.75) is 43.3 Å².